The highest BCUT2D eigenvalue weighted by molar-refractivity contribution is 5.83. The van der Waals surface area contributed by atoms with Gasteiger partial charge in [0.15, 0.2) is 0 Å². The van der Waals surface area contributed by atoms with Gasteiger partial charge in [-0.2, -0.15) is 5.10 Å². The van der Waals surface area contributed by atoms with Crippen LogP contribution in [-0.2, 0) is 11.2 Å². The molecule has 0 saturated heterocycles. The molecule has 0 aliphatic carbocycles. The maximum atomic E-state index is 12.9. The molecule has 1 amide bonds. The van der Waals surface area contributed by atoms with Crippen molar-refractivity contribution in [3.05, 3.63) is 53.3 Å². The summed E-state index contributed by atoms with van der Waals surface area (Å²) in [4.78, 5) is 16.6. The van der Waals surface area contributed by atoms with E-state index < -0.39 is 0 Å². The second-order valence-electron chi connectivity index (χ2n) is 5.84. The van der Waals surface area contributed by atoms with Crippen LogP contribution in [0.4, 0.5) is 0 Å². The van der Waals surface area contributed by atoms with Gasteiger partial charge in [0, 0.05) is 19.8 Å². The topological polar surface area (TPSA) is 52.2 Å². The third-order valence-electron chi connectivity index (χ3n) is 3.90. The zero-order valence-electron chi connectivity index (χ0n) is 13.7. The van der Waals surface area contributed by atoms with Crippen molar-refractivity contribution in [1.29, 1.82) is 0 Å². The van der Waals surface area contributed by atoms with E-state index in [1.54, 1.807) is 11.1 Å². The van der Waals surface area contributed by atoms with Gasteiger partial charge in [0.05, 0.1) is 6.20 Å². The van der Waals surface area contributed by atoms with Crippen LogP contribution in [0.1, 0.15) is 22.7 Å². The lowest BCUT2D eigenvalue weighted by Gasteiger charge is -2.29. The van der Waals surface area contributed by atoms with Gasteiger partial charge in [-0.1, -0.05) is 24.3 Å². The van der Waals surface area contributed by atoms with Crippen LogP contribution < -0.4 is 0 Å². The number of carbonyl (C=O) groups is 1. The van der Waals surface area contributed by atoms with Crippen molar-refractivity contribution in [1.82, 2.24) is 20.0 Å². The zero-order valence-corrected chi connectivity index (χ0v) is 13.7. The van der Waals surface area contributed by atoms with Crippen LogP contribution in [0.25, 0.3) is 0 Å². The number of aryl methyl sites for hydroxylation is 1. The van der Waals surface area contributed by atoms with Crippen LogP contribution in [-0.4, -0.2) is 53.6 Å². The van der Waals surface area contributed by atoms with Crippen LogP contribution >= 0.6 is 0 Å². The molecule has 0 aliphatic heterocycles. The van der Waals surface area contributed by atoms with Crippen LogP contribution in [0, 0.1) is 6.92 Å². The SMILES string of the molecule is Cc1ccccc1[C@@H](C(=O)N(C)CCc1cn[nH]c1)N(C)C. The molecule has 0 aliphatic rings. The van der Waals surface area contributed by atoms with E-state index in [9.17, 15) is 4.79 Å². The number of aromatic amines is 1. The maximum absolute atomic E-state index is 12.9. The molecule has 1 aromatic carbocycles. The van der Waals surface area contributed by atoms with Gasteiger partial charge in [0.25, 0.3) is 0 Å². The third kappa shape index (κ3) is 3.74. The minimum atomic E-state index is -0.254. The quantitative estimate of drug-likeness (QED) is 0.888. The van der Waals surface area contributed by atoms with Gasteiger partial charge in [-0.05, 0) is 44.1 Å². The van der Waals surface area contributed by atoms with Gasteiger partial charge in [0.1, 0.15) is 6.04 Å². The summed E-state index contributed by atoms with van der Waals surface area (Å²) in [5.74, 6) is 0.114. The Bertz CT molecular complexity index is 607. The first-order valence-corrected chi connectivity index (χ1v) is 7.45. The lowest BCUT2D eigenvalue weighted by atomic mass is 9.99. The summed E-state index contributed by atoms with van der Waals surface area (Å²) in [5.41, 5.74) is 3.31. The van der Waals surface area contributed by atoms with E-state index in [0.29, 0.717) is 6.54 Å². The number of benzene rings is 1. The fourth-order valence-electron chi connectivity index (χ4n) is 2.56. The summed E-state index contributed by atoms with van der Waals surface area (Å²) < 4.78 is 0. The molecule has 22 heavy (non-hydrogen) atoms. The van der Waals surface area contributed by atoms with Crippen LogP contribution in [0.15, 0.2) is 36.7 Å². The van der Waals surface area contributed by atoms with Crippen molar-refractivity contribution in [3.8, 4) is 0 Å². The summed E-state index contributed by atoms with van der Waals surface area (Å²) in [7, 11) is 5.75. The molecule has 0 spiro atoms. The van der Waals surface area contributed by atoms with E-state index in [0.717, 1.165) is 23.1 Å². The molecule has 5 nitrogen and oxygen atoms in total. The number of H-pyrrole nitrogens is 1. The van der Waals surface area contributed by atoms with Crippen molar-refractivity contribution < 1.29 is 4.79 Å². The van der Waals surface area contributed by atoms with E-state index >= 15 is 0 Å². The fourth-order valence-corrected chi connectivity index (χ4v) is 2.56. The smallest absolute Gasteiger partial charge is 0.244 e. The lowest BCUT2D eigenvalue weighted by molar-refractivity contribution is -0.135. The van der Waals surface area contributed by atoms with Crippen LogP contribution in [0.2, 0.25) is 0 Å². The molecule has 5 heteroatoms. The van der Waals surface area contributed by atoms with Gasteiger partial charge in [0.2, 0.25) is 5.91 Å². The Morgan fingerprint density at radius 3 is 2.59 bits per heavy atom. The highest BCUT2D eigenvalue weighted by Crippen LogP contribution is 2.23. The fraction of sp³-hybridized carbons (Fsp3) is 0.412. The summed E-state index contributed by atoms with van der Waals surface area (Å²) >= 11 is 0. The molecular formula is C17H24N4O. The van der Waals surface area contributed by atoms with E-state index in [4.69, 9.17) is 0 Å². The molecule has 0 radical (unpaired) electrons. The molecule has 0 fully saturated rings. The summed E-state index contributed by atoms with van der Waals surface area (Å²) in [5, 5.41) is 6.73. The molecule has 2 aromatic rings. The molecule has 0 unspecified atom stereocenters. The van der Waals surface area contributed by atoms with Crippen molar-refractivity contribution in [3.63, 3.8) is 0 Å². The number of nitrogens with one attached hydrogen (secondary N) is 1. The summed E-state index contributed by atoms with van der Waals surface area (Å²) in [6.07, 6.45) is 4.46. The first-order valence-electron chi connectivity index (χ1n) is 7.45. The number of rotatable bonds is 6. The molecule has 2 rings (SSSR count). The van der Waals surface area contributed by atoms with Crippen molar-refractivity contribution in [2.75, 3.05) is 27.7 Å². The Balaban J connectivity index is 2.11. The monoisotopic (exact) mass is 300 g/mol. The van der Waals surface area contributed by atoms with E-state index in [1.807, 2.05) is 63.4 Å². The van der Waals surface area contributed by atoms with E-state index in [1.165, 1.54) is 0 Å². The van der Waals surface area contributed by atoms with Gasteiger partial charge in [-0.3, -0.25) is 14.8 Å². The average molecular weight is 300 g/mol. The Morgan fingerprint density at radius 2 is 2.00 bits per heavy atom. The number of carbonyl (C=O) groups excluding carboxylic acids is 1. The Morgan fingerprint density at radius 1 is 1.27 bits per heavy atom. The minimum absolute atomic E-state index is 0.114. The van der Waals surface area contributed by atoms with Gasteiger partial charge in [-0.25, -0.2) is 0 Å². The second-order valence-corrected chi connectivity index (χ2v) is 5.84. The first-order chi connectivity index (χ1) is 10.5. The van der Waals surface area contributed by atoms with E-state index in [2.05, 4.69) is 10.2 Å². The van der Waals surface area contributed by atoms with Crippen molar-refractivity contribution in [2.24, 2.45) is 0 Å². The zero-order chi connectivity index (χ0) is 16.1. The Hall–Kier alpha value is -2.14. The number of likely N-dealkylation sites (N-methyl/N-ethyl adjacent to an activating group) is 2. The lowest BCUT2D eigenvalue weighted by Crippen LogP contribution is -2.39. The maximum Gasteiger partial charge on any atom is 0.244 e. The predicted molar refractivity (Wildman–Crippen MR) is 87.5 cm³/mol. The largest absolute Gasteiger partial charge is 0.344 e. The molecule has 1 atom stereocenters. The molecule has 0 bridgehead atoms. The van der Waals surface area contributed by atoms with Gasteiger partial charge < -0.3 is 4.90 Å². The standard InChI is InChI=1S/C17H24N4O/c1-13-7-5-6-8-15(13)16(20(2)3)17(22)21(4)10-9-14-11-18-19-12-14/h5-8,11-12,16H,9-10H2,1-4H3,(H,18,19)/t16-/m0/s1. The number of nitrogens with zero attached hydrogens (tertiary/aromatic N) is 3. The number of aromatic nitrogens is 2. The summed E-state index contributed by atoms with van der Waals surface area (Å²) in [6, 6.07) is 7.80. The Labute approximate surface area is 131 Å². The van der Waals surface area contributed by atoms with Crippen LogP contribution in [0.3, 0.4) is 0 Å². The Kier molecular flexibility index (Phi) is 5.33. The molecule has 1 N–H and O–H groups in total. The minimum Gasteiger partial charge on any atom is -0.344 e. The van der Waals surface area contributed by atoms with Crippen molar-refractivity contribution >= 4 is 5.91 Å². The van der Waals surface area contributed by atoms with Crippen LogP contribution in [0.5, 0.6) is 0 Å². The molecular weight excluding hydrogens is 276 g/mol. The van der Waals surface area contributed by atoms with Crippen molar-refractivity contribution in [2.45, 2.75) is 19.4 Å². The predicted octanol–water partition coefficient (Wildman–Crippen LogP) is 2.02. The molecule has 1 heterocycles. The number of hydrogen-bond donors (Lipinski definition) is 1. The van der Waals surface area contributed by atoms with Gasteiger partial charge >= 0.3 is 0 Å². The number of amides is 1. The van der Waals surface area contributed by atoms with E-state index in [-0.39, 0.29) is 11.9 Å². The third-order valence-corrected chi connectivity index (χ3v) is 3.90. The average Bonchev–Trinajstić information content (AvgIpc) is 3.00. The molecule has 118 valence electrons. The van der Waals surface area contributed by atoms with Gasteiger partial charge in [-0.15, -0.1) is 0 Å². The molecule has 0 saturated carbocycles. The second kappa shape index (κ2) is 7.22. The normalized spacial score (nSPS) is 12.4. The highest BCUT2D eigenvalue weighted by atomic mass is 16.2. The highest BCUT2D eigenvalue weighted by Gasteiger charge is 2.26. The number of hydrogen-bond acceptors (Lipinski definition) is 3. The molecule has 1 aromatic heterocycles. The first kappa shape index (κ1) is 16.2. The summed E-state index contributed by atoms with van der Waals surface area (Å²) in [6.45, 7) is 2.72.